The SMILES string of the molecule is C=CCNC(=O)Nc1ccc2c(c1)C(=O)N(C1CCCCC1)C2=O. The molecule has 1 aromatic carbocycles. The first kappa shape index (κ1) is 16.2. The summed E-state index contributed by atoms with van der Waals surface area (Å²) in [5, 5.41) is 5.25. The van der Waals surface area contributed by atoms with Gasteiger partial charge in [-0.15, -0.1) is 6.58 Å². The lowest BCUT2D eigenvalue weighted by molar-refractivity contribution is 0.0549. The number of fused-ring (bicyclic) bond motifs is 1. The molecule has 0 atom stereocenters. The molecule has 0 spiro atoms. The van der Waals surface area contributed by atoms with Crippen molar-refractivity contribution in [2.24, 2.45) is 0 Å². The summed E-state index contributed by atoms with van der Waals surface area (Å²) in [6.45, 7) is 3.88. The average molecular weight is 327 g/mol. The van der Waals surface area contributed by atoms with Crippen LogP contribution in [0.5, 0.6) is 0 Å². The predicted octanol–water partition coefficient (Wildman–Crippen LogP) is 2.92. The highest BCUT2D eigenvalue weighted by atomic mass is 16.2. The van der Waals surface area contributed by atoms with Crippen molar-refractivity contribution in [3.8, 4) is 0 Å². The van der Waals surface area contributed by atoms with E-state index < -0.39 is 0 Å². The number of nitrogens with one attached hydrogen (secondary N) is 2. The summed E-state index contributed by atoms with van der Waals surface area (Å²) in [7, 11) is 0. The van der Waals surface area contributed by atoms with Gasteiger partial charge in [-0.3, -0.25) is 14.5 Å². The summed E-state index contributed by atoms with van der Waals surface area (Å²) >= 11 is 0. The van der Waals surface area contributed by atoms with Crippen LogP contribution in [0.4, 0.5) is 10.5 Å². The van der Waals surface area contributed by atoms with E-state index in [1.54, 1.807) is 24.3 Å². The fraction of sp³-hybridized carbons (Fsp3) is 0.389. The molecule has 2 N–H and O–H groups in total. The van der Waals surface area contributed by atoms with Crippen LogP contribution in [0.15, 0.2) is 30.9 Å². The number of nitrogens with zero attached hydrogens (tertiary/aromatic N) is 1. The Balaban J connectivity index is 1.78. The molecule has 0 saturated heterocycles. The number of anilines is 1. The zero-order valence-electron chi connectivity index (χ0n) is 13.5. The molecule has 1 fully saturated rings. The highest BCUT2D eigenvalue weighted by molar-refractivity contribution is 6.22. The number of rotatable bonds is 4. The minimum atomic E-state index is -0.379. The maximum atomic E-state index is 12.7. The van der Waals surface area contributed by atoms with E-state index in [9.17, 15) is 14.4 Å². The summed E-state index contributed by atoms with van der Waals surface area (Å²) < 4.78 is 0. The summed E-state index contributed by atoms with van der Waals surface area (Å²) in [4.78, 5) is 38.4. The van der Waals surface area contributed by atoms with Gasteiger partial charge in [0.2, 0.25) is 0 Å². The Kier molecular flexibility index (Phi) is 4.64. The predicted molar refractivity (Wildman–Crippen MR) is 91.0 cm³/mol. The van der Waals surface area contributed by atoms with E-state index in [1.165, 1.54) is 4.90 Å². The second-order valence-corrected chi connectivity index (χ2v) is 6.16. The molecule has 1 aliphatic carbocycles. The number of benzene rings is 1. The van der Waals surface area contributed by atoms with Crippen molar-refractivity contribution in [1.82, 2.24) is 10.2 Å². The van der Waals surface area contributed by atoms with Crippen molar-refractivity contribution in [3.05, 3.63) is 42.0 Å². The molecule has 6 heteroatoms. The van der Waals surface area contributed by atoms with Crippen LogP contribution in [0.25, 0.3) is 0 Å². The van der Waals surface area contributed by atoms with Gasteiger partial charge in [0.25, 0.3) is 11.8 Å². The van der Waals surface area contributed by atoms with Crippen LogP contribution in [0.1, 0.15) is 52.8 Å². The topological polar surface area (TPSA) is 78.5 Å². The fourth-order valence-corrected chi connectivity index (χ4v) is 3.35. The van der Waals surface area contributed by atoms with Crippen LogP contribution >= 0.6 is 0 Å². The van der Waals surface area contributed by atoms with Crippen molar-refractivity contribution < 1.29 is 14.4 Å². The lowest BCUT2D eigenvalue weighted by atomic mass is 9.94. The van der Waals surface area contributed by atoms with Crippen molar-refractivity contribution in [1.29, 1.82) is 0 Å². The first-order valence-electron chi connectivity index (χ1n) is 8.29. The molecule has 2 aliphatic rings. The van der Waals surface area contributed by atoms with Crippen LogP contribution in [0.3, 0.4) is 0 Å². The van der Waals surface area contributed by atoms with Gasteiger partial charge in [-0.2, -0.15) is 0 Å². The third-order valence-corrected chi connectivity index (χ3v) is 4.52. The zero-order valence-corrected chi connectivity index (χ0v) is 13.5. The van der Waals surface area contributed by atoms with Gasteiger partial charge in [-0.25, -0.2) is 4.79 Å². The molecule has 126 valence electrons. The third kappa shape index (κ3) is 3.04. The molecule has 24 heavy (non-hydrogen) atoms. The largest absolute Gasteiger partial charge is 0.334 e. The first-order valence-corrected chi connectivity index (χ1v) is 8.29. The number of hydrogen-bond donors (Lipinski definition) is 2. The van der Waals surface area contributed by atoms with E-state index in [0.29, 0.717) is 23.4 Å². The van der Waals surface area contributed by atoms with E-state index >= 15 is 0 Å². The highest BCUT2D eigenvalue weighted by Gasteiger charge is 2.40. The van der Waals surface area contributed by atoms with Crippen LogP contribution < -0.4 is 10.6 Å². The van der Waals surface area contributed by atoms with E-state index in [-0.39, 0.29) is 23.9 Å². The minimum Gasteiger partial charge on any atom is -0.334 e. The first-order chi connectivity index (χ1) is 11.6. The van der Waals surface area contributed by atoms with Gasteiger partial charge in [-0.05, 0) is 31.0 Å². The normalized spacial score (nSPS) is 17.6. The molecular formula is C18H21N3O3. The van der Waals surface area contributed by atoms with Crippen LogP contribution in [0.2, 0.25) is 0 Å². The summed E-state index contributed by atoms with van der Waals surface area (Å²) in [6, 6.07) is 4.45. The minimum absolute atomic E-state index is 0.00144. The molecule has 0 radical (unpaired) electrons. The molecule has 1 aromatic rings. The number of carbonyl (C=O) groups excluding carboxylic acids is 3. The summed E-state index contributed by atoms with van der Waals surface area (Å²) in [6.07, 6.45) is 6.59. The van der Waals surface area contributed by atoms with Gasteiger partial charge in [0.1, 0.15) is 0 Å². The lowest BCUT2D eigenvalue weighted by Crippen LogP contribution is -2.40. The van der Waals surface area contributed by atoms with Gasteiger partial charge >= 0.3 is 6.03 Å². The van der Waals surface area contributed by atoms with Gasteiger partial charge in [0, 0.05) is 18.3 Å². The molecule has 0 bridgehead atoms. The Bertz CT molecular complexity index is 693. The molecule has 4 amide bonds. The molecule has 6 nitrogen and oxygen atoms in total. The van der Waals surface area contributed by atoms with Crippen LogP contribution in [-0.4, -0.2) is 35.3 Å². The number of urea groups is 1. The van der Waals surface area contributed by atoms with Crippen LogP contribution in [0, 0.1) is 0 Å². The van der Waals surface area contributed by atoms with E-state index in [4.69, 9.17) is 0 Å². The van der Waals surface area contributed by atoms with Crippen LogP contribution in [-0.2, 0) is 0 Å². The fourth-order valence-electron chi connectivity index (χ4n) is 3.35. The van der Waals surface area contributed by atoms with E-state index in [0.717, 1.165) is 32.1 Å². The zero-order chi connectivity index (χ0) is 17.1. The maximum absolute atomic E-state index is 12.7. The molecule has 1 saturated carbocycles. The Morgan fingerprint density at radius 3 is 2.58 bits per heavy atom. The number of carbonyl (C=O) groups is 3. The Hall–Kier alpha value is -2.63. The van der Waals surface area contributed by atoms with Gasteiger partial charge in [0.15, 0.2) is 0 Å². The number of hydrogen-bond acceptors (Lipinski definition) is 3. The standard InChI is InChI=1S/C18H21N3O3/c1-2-10-19-18(24)20-12-8-9-14-15(11-12)17(23)21(16(14)22)13-6-4-3-5-7-13/h2,8-9,11,13H,1,3-7,10H2,(H2,19,20,24). The van der Waals surface area contributed by atoms with Crippen molar-refractivity contribution in [2.45, 2.75) is 38.1 Å². The van der Waals surface area contributed by atoms with Gasteiger partial charge < -0.3 is 10.6 Å². The lowest BCUT2D eigenvalue weighted by Gasteiger charge is -2.29. The quantitative estimate of drug-likeness (QED) is 0.659. The molecule has 1 heterocycles. The molecule has 0 unspecified atom stereocenters. The highest BCUT2D eigenvalue weighted by Crippen LogP contribution is 2.32. The molecule has 1 aliphatic heterocycles. The smallest absolute Gasteiger partial charge is 0.319 e. The van der Waals surface area contributed by atoms with Crippen molar-refractivity contribution in [2.75, 3.05) is 11.9 Å². The molecule has 3 rings (SSSR count). The summed E-state index contributed by atoms with van der Waals surface area (Å²) in [5.74, 6) is -0.471. The second-order valence-electron chi connectivity index (χ2n) is 6.16. The van der Waals surface area contributed by atoms with Gasteiger partial charge in [-0.1, -0.05) is 25.3 Å². The van der Waals surface area contributed by atoms with E-state index in [1.807, 2.05) is 0 Å². The average Bonchev–Trinajstić information content (AvgIpc) is 2.84. The maximum Gasteiger partial charge on any atom is 0.319 e. The van der Waals surface area contributed by atoms with Crippen molar-refractivity contribution >= 4 is 23.5 Å². The second kappa shape index (κ2) is 6.86. The molecule has 0 aromatic heterocycles. The summed E-state index contributed by atoms with van der Waals surface area (Å²) in [5.41, 5.74) is 1.27. The van der Waals surface area contributed by atoms with E-state index in [2.05, 4.69) is 17.2 Å². The monoisotopic (exact) mass is 327 g/mol. The Morgan fingerprint density at radius 1 is 1.17 bits per heavy atom. The van der Waals surface area contributed by atoms with Crippen molar-refractivity contribution in [3.63, 3.8) is 0 Å². The Morgan fingerprint density at radius 2 is 1.88 bits per heavy atom. The number of amides is 4. The van der Waals surface area contributed by atoms with Gasteiger partial charge in [0.05, 0.1) is 11.1 Å². The number of imide groups is 1. The third-order valence-electron chi connectivity index (χ3n) is 4.52. The molecular weight excluding hydrogens is 306 g/mol. The Labute approximate surface area is 140 Å².